The van der Waals surface area contributed by atoms with Gasteiger partial charge in [0.1, 0.15) is 6.04 Å². The highest BCUT2D eigenvalue weighted by Crippen LogP contribution is 2.31. The van der Waals surface area contributed by atoms with Gasteiger partial charge in [0.2, 0.25) is 0 Å². The summed E-state index contributed by atoms with van der Waals surface area (Å²) in [5.74, 6) is -1.11. The lowest BCUT2D eigenvalue weighted by molar-refractivity contribution is -0.139. The number of rotatable bonds is 6. The summed E-state index contributed by atoms with van der Waals surface area (Å²) in [7, 11) is 0. The van der Waals surface area contributed by atoms with Gasteiger partial charge in [-0.25, -0.2) is 0 Å². The van der Waals surface area contributed by atoms with Crippen LogP contribution < -0.4 is 5.32 Å². The average molecular weight is 362 g/mol. The van der Waals surface area contributed by atoms with E-state index in [4.69, 9.17) is 0 Å². The van der Waals surface area contributed by atoms with Crippen LogP contribution in [0, 0.1) is 0 Å². The lowest BCUT2D eigenvalue weighted by atomic mass is 10.0. The minimum Gasteiger partial charge on any atom is -0.480 e. The van der Waals surface area contributed by atoms with E-state index in [2.05, 4.69) is 10.3 Å². The number of para-hydroxylation sites is 1. The molecule has 0 spiro atoms. The molecule has 3 aromatic rings. The number of aliphatic carboxylic acids is 1. The Morgan fingerprint density at radius 2 is 1.77 bits per heavy atom. The van der Waals surface area contributed by atoms with Crippen molar-refractivity contribution in [2.45, 2.75) is 25.2 Å². The van der Waals surface area contributed by atoms with Crippen molar-refractivity contribution in [3.63, 3.8) is 0 Å². The third-order valence-electron chi connectivity index (χ3n) is 4.26. The van der Waals surface area contributed by atoms with Gasteiger partial charge in [-0.1, -0.05) is 36.4 Å². The van der Waals surface area contributed by atoms with Crippen molar-refractivity contribution >= 4 is 16.9 Å². The molecule has 0 fully saturated rings. The maximum Gasteiger partial charge on any atom is 0.416 e. The Morgan fingerprint density at radius 1 is 1.08 bits per heavy atom. The van der Waals surface area contributed by atoms with Crippen molar-refractivity contribution in [3.05, 3.63) is 71.4 Å². The third kappa shape index (κ3) is 3.88. The molecule has 3 N–H and O–H groups in total. The molecule has 0 amide bonds. The number of halogens is 3. The van der Waals surface area contributed by atoms with Crippen LogP contribution >= 0.6 is 0 Å². The molecule has 136 valence electrons. The molecule has 0 saturated carbocycles. The Kier molecular flexibility index (Phi) is 4.99. The first-order valence-electron chi connectivity index (χ1n) is 8.02. The van der Waals surface area contributed by atoms with Crippen LogP contribution in [0.2, 0.25) is 0 Å². The fraction of sp³-hybridized carbons (Fsp3) is 0.211. The summed E-state index contributed by atoms with van der Waals surface area (Å²) in [6.07, 6.45) is -2.59. The van der Waals surface area contributed by atoms with Crippen LogP contribution in [-0.4, -0.2) is 22.1 Å². The fourth-order valence-electron chi connectivity index (χ4n) is 2.95. The number of alkyl halides is 3. The van der Waals surface area contributed by atoms with Crippen LogP contribution in [0.25, 0.3) is 10.9 Å². The van der Waals surface area contributed by atoms with Gasteiger partial charge in [-0.2, -0.15) is 13.2 Å². The van der Waals surface area contributed by atoms with Crippen LogP contribution in [0.3, 0.4) is 0 Å². The number of aromatic amines is 1. The molecule has 0 aliphatic carbocycles. The van der Waals surface area contributed by atoms with Crippen molar-refractivity contribution in [2.24, 2.45) is 0 Å². The second-order valence-corrected chi connectivity index (χ2v) is 5.99. The van der Waals surface area contributed by atoms with Gasteiger partial charge in [-0.3, -0.25) is 4.79 Å². The lowest BCUT2D eigenvalue weighted by Gasteiger charge is -2.17. The molecule has 7 heteroatoms. The third-order valence-corrected chi connectivity index (χ3v) is 4.26. The van der Waals surface area contributed by atoms with Crippen molar-refractivity contribution in [2.75, 3.05) is 0 Å². The van der Waals surface area contributed by atoms with E-state index in [1.807, 2.05) is 24.3 Å². The van der Waals surface area contributed by atoms with E-state index < -0.39 is 23.8 Å². The molecule has 1 atom stereocenters. The summed E-state index contributed by atoms with van der Waals surface area (Å²) < 4.78 is 39.2. The van der Waals surface area contributed by atoms with Gasteiger partial charge in [0.15, 0.2) is 0 Å². The SMILES string of the molecule is O=C(O)[C@@H](Cc1c[nH]c2ccccc12)NCc1ccccc1C(F)(F)F. The summed E-state index contributed by atoms with van der Waals surface area (Å²) in [5, 5.41) is 13.1. The number of nitrogens with one attached hydrogen (secondary N) is 2. The minimum atomic E-state index is -4.48. The number of carbonyl (C=O) groups is 1. The maximum absolute atomic E-state index is 13.1. The number of carboxylic acid groups (broad SMARTS) is 1. The number of fused-ring (bicyclic) bond motifs is 1. The molecule has 0 aliphatic heterocycles. The van der Waals surface area contributed by atoms with E-state index in [-0.39, 0.29) is 18.5 Å². The predicted molar refractivity (Wildman–Crippen MR) is 91.7 cm³/mol. The van der Waals surface area contributed by atoms with E-state index in [0.717, 1.165) is 22.5 Å². The summed E-state index contributed by atoms with van der Waals surface area (Å²) >= 11 is 0. The monoisotopic (exact) mass is 362 g/mol. The van der Waals surface area contributed by atoms with Gasteiger partial charge in [0.05, 0.1) is 5.56 Å². The molecule has 0 radical (unpaired) electrons. The van der Waals surface area contributed by atoms with Crippen LogP contribution in [0.4, 0.5) is 13.2 Å². The minimum absolute atomic E-state index is 0.0187. The Hall–Kier alpha value is -2.80. The smallest absolute Gasteiger partial charge is 0.416 e. The van der Waals surface area contributed by atoms with E-state index in [9.17, 15) is 23.1 Å². The zero-order valence-corrected chi connectivity index (χ0v) is 13.7. The number of benzene rings is 2. The first kappa shape index (κ1) is 18.0. The molecule has 1 aromatic heterocycles. The lowest BCUT2D eigenvalue weighted by Crippen LogP contribution is -2.38. The van der Waals surface area contributed by atoms with E-state index in [0.29, 0.717) is 0 Å². The van der Waals surface area contributed by atoms with E-state index in [1.165, 1.54) is 18.2 Å². The summed E-state index contributed by atoms with van der Waals surface area (Å²) in [6, 6.07) is 11.6. The van der Waals surface area contributed by atoms with Gasteiger partial charge in [-0.05, 0) is 23.3 Å². The summed E-state index contributed by atoms with van der Waals surface area (Å²) in [4.78, 5) is 14.6. The van der Waals surface area contributed by atoms with Crippen molar-refractivity contribution < 1.29 is 23.1 Å². The van der Waals surface area contributed by atoms with Gasteiger partial charge in [0.25, 0.3) is 0 Å². The molecular weight excluding hydrogens is 345 g/mol. The predicted octanol–water partition coefficient (Wildman–Crippen LogP) is 3.97. The number of carboxylic acids is 1. The number of H-pyrrole nitrogens is 1. The molecular formula is C19H17F3N2O2. The normalized spacial score (nSPS) is 13.0. The van der Waals surface area contributed by atoms with E-state index in [1.54, 1.807) is 6.20 Å². The maximum atomic E-state index is 13.1. The van der Waals surface area contributed by atoms with Crippen LogP contribution in [0.5, 0.6) is 0 Å². The van der Waals surface area contributed by atoms with Crippen molar-refractivity contribution in [3.8, 4) is 0 Å². The molecule has 0 bridgehead atoms. The molecule has 0 aliphatic rings. The first-order valence-corrected chi connectivity index (χ1v) is 8.02. The quantitative estimate of drug-likeness (QED) is 0.622. The Bertz CT molecular complexity index is 918. The van der Waals surface area contributed by atoms with Gasteiger partial charge in [0, 0.05) is 30.1 Å². The molecule has 2 aromatic carbocycles. The number of hydrogen-bond acceptors (Lipinski definition) is 2. The molecule has 0 unspecified atom stereocenters. The highest BCUT2D eigenvalue weighted by Gasteiger charge is 2.33. The van der Waals surface area contributed by atoms with Gasteiger partial charge < -0.3 is 15.4 Å². The molecule has 0 saturated heterocycles. The van der Waals surface area contributed by atoms with Gasteiger partial charge in [-0.15, -0.1) is 0 Å². The second-order valence-electron chi connectivity index (χ2n) is 5.99. The number of aromatic nitrogens is 1. The Balaban J connectivity index is 1.77. The highest BCUT2D eigenvalue weighted by atomic mass is 19.4. The first-order chi connectivity index (χ1) is 12.4. The van der Waals surface area contributed by atoms with Crippen LogP contribution in [0.1, 0.15) is 16.7 Å². The van der Waals surface area contributed by atoms with Crippen molar-refractivity contribution in [1.82, 2.24) is 10.3 Å². The summed E-state index contributed by atoms with van der Waals surface area (Å²) in [6.45, 7) is -0.186. The molecule has 1 heterocycles. The topological polar surface area (TPSA) is 65.1 Å². The van der Waals surface area contributed by atoms with Crippen molar-refractivity contribution in [1.29, 1.82) is 0 Å². The largest absolute Gasteiger partial charge is 0.480 e. The molecule has 3 rings (SSSR count). The summed E-state index contributed by atoms with van der Waals surface area (Å²) in [5.41, 5.74) is 0.938. The van der Waals surface area contributed by atoms with E-state index >= 15 is 0 Å². The zero-order valence-electron chi connectivity index (χ0n) is 13.7. The Labute approximate surface area is 147 Å². The number of hydrogen-bond donors (Lipinski definition) is 3. The fourth-order valence-corrected chi connectivity index (χ4v) is 2.95. The van der Waals surface area contributed by atoms with Crippen LogP contribution in [-0.2, 0) is 23.9 Å². The standard InChI is InChI=1S/C19H17F3N2O2/c20-19(21,22)15-7-3-1-5-12(15)10-24-17(18(25)26)9-13-11-23-16-8-4-2-6-14(13)16/h1-8,11,17,23-24H,9-10H2,(H,25,26)/t17-/m1/s1. The highest BCUT2D eigenvalue weighted by molar-refractivity contribution is 5.84. The molecule has 4 nitrogen and oxygen atoms in total. The molecule has 26 heavy (non-hydrogen) atoms. The van der Waals surface area contributed by atoms with Crippen LogP contribution in [0.15, 0.2) is 54.7 Å². The second kappa shape index (κ2) is 7.21. The van der Waals surface area contributed by atoms with Gasteiger partial charge >= 0.3 is 12.1 Å². The zero-order chi connectivity index (χ0) is 18.7. The average Bonchev–Trinajstić information content (AvgIpc) is 3.01. The Morgan fingerprint density at radius 3 is 2.50 bits per heavy atom.